The fourth-order valence-electron chi connectivity index (χ4n) is 1.40. The Labute approximate surface area is 89.0 Å². The van der Waals surface area contributed by atoms with Gasteiger partial charge >= 0.3 is 0 Å². The molecule has 0 atom stereocenters. The average Bonchev–Trinajstić information content (AvgIpc) is 2.32. The van der Waals surface area contributed by atoms with Gasteiger partial charge in [0.2, 0.25) is 0 Å². The highest BCUT2D eigenvalue weighted by molar-refractivity contribution is 5.57. The van der Waals surface area contributed by atoms with Gasteiger partial charge in [0.05, 0.1) is 11.4 Å². The molecule has 0 aliphatic carbocycles. The van der Waals surface area contributed by atoms with Crippen molar-refractivity contribution in [3.63, 3.8) is 0 Å². The number of aromatic nitrogens is 2. The van der Waals surface area contributed by atoms with Crippen molar-refractivity contribution in [2.75, 3.05) is 6.54 Å². The molecule has 0 bridgehead atoms. The topological polar surface area (TPSA) is 51.8 Å². The lowest BCUT2D eigenvalue weighted by molar-refractivity contribution is 0.869. The van der Waals surface area contributed by atoms with Crippen LogP contribution in [0.15, 0.2) is 42.5 Å². The highest BCUT2D eigenvalue weighted by Gasteiger charge is 1.99. The van der Waals surface area contributed by atoms with E-state index in [1.807, 2.05) is 42.5 Å². The smallest absolute Gasteiger partial charge is 0.0929 e. The summed E-state index contributed by atoms with van der Waals surface area (Å²) < 4.78 is 0. The largest absolute Gasteiger partial charge is 0.330 e. The van der Waals surface area contributed by atoms with E-state index in [2.05, 4.69) is 10.2 Å². The molecule has 0 fully saturated rings. The zero-order valence-electron chi connectivity index (χ0n) is 8.43. The first-order valence-electron chi connectivity index (χ1n) is 4.98. The van der Waals surface area contributed by atoms with E-state index in [0.29, 0.717) is 6.54 Å². The van der Waals surface area contributed by atoms with Gasteiger partial charge in [0.15, 0.2) is 0 Å². The summed E-state index contributed by atoms with van der Waals surface area (Å²) in [7, 11) is 0. The summed E-state index contributed by atoms with van der Waals surface area (Å²) in [5.41, 5.74) is 8.37. The van der Waals surface area contributed by atoms with E-state index in [0.717, 1.165) is 23.4 Å². The van der Waals surface area contributed by atoms with E-state index in [1.54, 1.807) is 0 Å². The van der Waals surface area contributed by atoms with Crippen molar-refractivity contribution in [1.82, 2.24) is 10.2 Å². The highest BCUT2D eigenvalue weighted by atomic mass is 15.1. The van der Waals surface area contributed by atoms with E-state index in [4.69, 9.17) is 5.73 Å². The Kier molecular flexibility index (Phi) is 3.05. The first-order chi connectivity index (χ1) is 7.40. The van der Waals surface area contributed by atoms with Gasteiger partial charge in [-0.25, -0.2) is 0 Å². The molecule has 2 aromatic rings. The first-order valence-corrected chi connectivity index (χ1v) is 4.98. The van der Waals surface area contributed by atoms with Gasteiger partial charge in [0, 0.05) is 12.0 Å². The molecule has 1 heterocycles. The Bertz CT molecular complexity index is 409. The van der Waals surface area contributed by atoms with Crippen molar-refractivity contribution in [3.05, 3.63) is 48.2 Å². The summed E-state index contributed by atoms with van der Waals surface area (Å²) >= 11 is 0. The summed E-state index contributed by atoms with van der Waals surface area (Å²) in [4.78, 5) is 0. The molecule has 0 amide bonds. The SMILES string of the molecule is NCCc1ccc(-c2ccccc2)nn1. The maximum atomic E-state index is 5.44. The zero-order chi connectivity index (χ0) is 10.5. The van der Waals surface area contributed by atoms with Crippen molar-refractivity contribution < 1.29 is 0 Å². The molecular formula is C12H13N3. The Morgan fingerprint density at radius 1 is 0.933 bits per heavy atom. The summed E-state index contributed by atoms with van der Waals surface area (Å²) in [6.07, 6.45) is 0.780. The molecule has 0 unspecified atom stereocenters. The molecule has 0 spiro atoms. The molecule has 15 heavy (non-hydrogen) atoms. The Hall–Kier alpha value is -1.74. The minimum atomic E-state index is 0.610. The molecule has 0 saturated heterocycles. The van der Waals surface area contributed by atoms with Crippen LogP contribution in [0.5, 0.6) is 0 Å². The molecule has 1 aromatic carbocycles. The Balaban J connectivity index is 2.24. The van der Waals surface area contributed by atoms with Crippen molar-refractivity contribution in [2.45, 2.75) is 6.42 Å². The molecule has 1 aromatic heterocycles. The van der Waals surface area contributed by atoms with Gasteiger partial charge in [0.1, 0.15) is 0 Å². The van der Waals surface area contributed by atoms with Crippen LogP contribution in [0, 0.1) is 0 Å². The quantitative estimate of drug-likeness (QED) is 0.817. The van der Waals surface area contributed by atoms with Crippen LogP contribution in [0.2, 0.25) is 0 Å². The summed E-state index contributed by atoms with van der Waals surface area (Å²) in [5, 5.41) is 8.28. The van der Waals surface area contributed by atoms with Crippen LogP contribution in [-0.2, 0) is 6.42 Å². The predicted octanol–water partition coefficient (Wildman–Crippen LogP) is 1.64. The van der Waals surface area contributed by atoms with Crippen molar-refractivity contribution in [2.24, 2.45) is 5.73 Å². The normalized spacial score (nSPS) is 10.2. The van der Waals surface area contributed by atoms with Crippen LogP contribution in [0.25, 0.3) is 11.3 Å². The van der Waals surface area contributed by atoms with Gasteiger partial charge in [-0.05, 0) is 18.7 Å². The first kappa shape index (κ1) is 9.80. The number of benzene rings is 1. The number of hydrogen-bond acceptors (Lipinski definition) is 3. The van der Waals surface area contributed by atoms with Gasteiger partial charge in [-0.1, -0.05) is 30.3 Å². The van der Waals surface area contributed by atoms with E-state index in [9.17, 15) is 0 Å². The van der Waals surface area contributed by atoms with E-state index in [-0.39, 0.29) is 0 Å². The summed E-state index contributed by atoms with van der Waals surface area (Å²) in [6, 6.07) is 14.0. The standard InChI is InChI=1S/C12H13N3/c13-9-8-11-6-7-12(15-14-11)10-4-2-1-3-5-10/h1-7H,8-9,13H2. The van der Waals surface area contributed by atoms with Crippen LogP contribution in [0.4, 0.5) is 0 Å². The van der Waals surface area contributed by atoms with Crippen LogP contribution in [0.1, 0.15) is 5.69 Å². The van der Waals surface area contributed by atoms with Crippen LogP contribution >= 0.6 is 0 Å². The van der Waals surface area contributed by atoms with Crippen LogP contribution in [-0.4, -0.2) is 16.7 Å². The molecule has 0 aliphatic heterocycles. The lowest BCUT2D eigenvalue weighted by Gasteiger charge is -2.00. The number of nitrogens with two attached hydrogens (primary N) is 1. The molecule has 0 saturated carbocycles. The molecule has 3 nitrogen and oxygen atoms in total. The highest BCUT2D eigenvalue weighted by Crippen LogP contribution is 2.14. The van der Waals surface area contributed by atoms with E-state index >= 15 is 0 Å². The maximum Gasteiger partial charge on any atom is 0.0929 e. The molecule has 2 rings (SSSR count). The maximum absolute atomic E-state index is 5.44. The number of nitrogens with zero attached hydrogens (tertiary/aromatic N) is 2. The van der Waals surface area contributed by atoms with Gasteiger partial charge in [0.25, 0.3) is 0 Å². The minimum Gasteiger partial charge on any atom is -0.330 e. The van der Waals surface area contributed by atoms with Crippen molar-refractivity contribution >= 4 is 0 Å². The van der Waals surface area contributed by atoms with Crippen LogP contribution < -0.4 is 5.73 Å². The molecular weight excluding hydrogens is 186 g/mol. The predicted molar refractivity (Wildman–Crippen MR) is 60.2 cm³/mol. The third-order valence-corrected chi connectivity index (χ3v) is 2.19. The molecule has 2 N–H and O–H groups in total. The second kappa shape index (κ2) is 4.66. The van der Waals surface area contributed by atoms with Crippen molar-refractivity contribution in [3.8, 4) is 11.3 Å². The summed E-state index contributed by atoms with van der Waals surface area (Å²) in [6.45, 7) is 0.610. The monoisotopic (exact) mass is 199 g/mol. The lowest BCUT2D eigenvalue weighted by atomic mass is 10.1. The zero-order valence-corrected chi connectivity index (χ0v) is 8.43. The molecule has 76 valence electrons. The minimum absolute atomic E-state index is 0.610. The number of hydrogen-bond donors (Lipinski definition) is 1. The Morgan fingerprint density at radius 2 is 1.73 bits per heavy atom. The number of rotatable bonds is 3. The van der Waals surface area contributed by atoms with Gasteiger partial charge in [-0.2, -0.15) is 10.2 Å². The fraction of sp³-hybridized carbons (Fsp3) is 0.167. The van der Waals surface area contributed by atoms with Gasteiger partial charge in [-0.3, -0.25) is 0 Å². The van der Waals surface area contributed by atoms with E-state index in [1.165, 1.54) is 0 Å². The molecule has 0 radical (unpaired) electrons. The second-order valence-corrected chi connectivity index (χ2v) is 3.31. The third-order valence-electron chi connectivity index (χ3n) is 2.19. The Morgan fingerprint density at radius 3 is 2.33 bits per heavy atom. The average molecular weight is 199 g/mol. The molecule has 0 aliphatic rings. The van der Waals surface area contributed by atoms with E-state index < -0.39 is 0 Å². The summed E-state index contributed by atoms with van der Waals surface area (Å²) in [5.74, 6) is 0. The lowest BCUT2D eigenvalue weighted by Crippen LogP contribution is -2.05. The second-order valence-electron chi connectivity index (χ2n) is 3.31. The van der Waals surface area contributed by atoms with Crippen LogP contribution in [0.3, 0.4) is 0 Å². The molecule has 3 heteroatoms. The van der Waals surface area contributed by atoms with Crippen molar-refractivity contribution in [1.29, 1.82) is 0 Å². The van der Waals surface area contributed by atoms with Gasteiger partial charge in [-0.15, -0.1) is 0 Å². The van der Waals surface area contributed by atoms with Gasteiger partial charge < -0.3 is 5.73 Å². The third kappa shape index (κ3) is 2.39. The fourth-order valence-corrected chi connectivity index (χ4v) is 1.40.